The van der Waals surface area contributed by atoms with Gasteiger partial charge in [0.2, 0.25) is 5.78 Å². The number of phenolic OH excluding ortho intramolecular Hbond substituents is 1. The predicted octanol–water partition coefficient (Wildman–Crippen LogP) is 2.59. The summed E-state index contributed by atoms with van der Waals surface area (Å²) in [5.74, 6) is -0.764. The van der Waals surface area contributed by atoms with E-state index in [1.54, 1.807) is 43.3 Å². The third-order valence-corrected chi connectivity index (χ3v) is 5.33. The minimum Gasteiger partial charge on any atom is -0.507 e. The molecule has 0 radical (unpaired) electrons. The molecule has 1 atom stereocenters. The molecule has 2 aromatic carbocycles. The van der Waals surface area contributed by atoms with Crippen LogP contribution in [0.4, 0.5) is 0 Å². The Kier molecular flexibility index (Phi) is 6.36. The topological polar surface area (TPSA) is 112 Å². The van der Waals surface area contributed by atoms with Crippen LogP contribution in [0.25, 0.3) is 0 Å². The van der Waals surface area contributed by atoms with Crippen LogP contribution in [-0.2, 0) is 6.42 Å². The molecule has 0 fully saturated rings. The molecule has 1 aromatic heterocycles. The van der Waals surface area contributed by atoms with Gasteiger partial charge in [-0.15, -0.1) is 10.2 Å². The third-order valence-electron chi connectivity index (χ3n) is 4.35. The number of nitrogens with one attached hydrogen (secondary N) is 1. The van der Waals surface area contributed by atoms with Crippen molar-refractivity contribution < 1.29 is 19.8 Å². The fourth-order valence-electron chi connectivity index (χ4n) is 2.66. The number of nitrogens with zero attached hydrogens (tertiary/aromatic N) is 2. The quantitative estimate of drug-likeness (QED) is 0.491. The van der Waals surface area contributed by atoms with Crippen LogP contribution < -0.4 is 5.32 Å². The molecule has 0 aliphatic carbocycles. The number of para-hydroxylation sites is 1. The highest BCUT2D eigenvalue weighted by Gasteiger charge is 2.23. The van der Waals surface area contributed by atoms with E-state index in [1.165, 1.54) is 23.5 Å². The van der Waals surface area contributed by atoms with Gasteiger partial charge in [-0.3, -0.25) is 9.59 Å². The van der Waals surface area contributed by atoms with Gasteiger partial charge < -0.3 is 15.5 Å². The molecule has 3 rings (SSSR count). The van der Waals surface area contributed by atoms with E-state index in [1.807, 2.05) is 6.07 Å². The van der Waals surface area contributed by atoms with E-state index >= 15 is 0 Å². The smallest absolute Gasteiger partial charge is 0.255 e. The second-order valence-corrected chi connectivity index (χ2v) is 7.95. The lowest BCUT2D eigenvalue weighted by atomic mass is 10.00. The maximum Gasteiger partial charge on any atom is 0.255 e. The van der Waals surface area contributed by atoms with E-state index in [-0.39, 0.29) is 23.6 Å². The molecule has 0 spiro atoms. The Bertz CT molecular complexity index is 1000. The first-order valence-electron chi connectivity index (χ1n) is 9.06. The largest absolute Gasteiger partial charge is 0.507 e. The first-order valence-corrected chi connectivity index (χ1v) is 9.88. The summed E-state index contributed by atoms with van der Waals surface area (Å²) in [6.45, 7) is 1.62. The van der Waals surface area contributed by atoms with Crippen molar-refractivity contribution in [2.45, 2.75) is 25.4 Å². The Hall–Kier alpha value is -3.10. The molecule has 1 amide bonds. The molecule has 8 heteroatoms. The van der Waals surface area contributed by atoms with E-state index in [0.29, 0.717) is 28.4 Å². The van der Waals surface area contributed by atoms with E-state index in [4.69, 9.17) is 0 Å². The Morgan fingerprint density at radius 3 is 2.48 bits per heavy atom. The highest BCUT2D eigenvalue weighted by Crippen LogP contribution is 2.20. The molecule has 0 saturated heterocycles. The maximum atomic E-state index is 12.4. The standard InChI is InChI=1S/C21H21N3O4S/c1-21(28,13-22-19(27)15-9-5-6-10-16(15)25)12-11-17-23-24-20(29-17)18(26)14-7-3-2-4-8-14/h2-10,25,28H,11-13H2,1H3,(H,22,27). The Morgan fingerprint density at radius 2 is 1.76 bits per heavy atom. The van der Waals surface area contributed by atoms with Crippen molar-refractivity contribution in [2.24, 2.45) is 0 Å². The number of hydrogen-bond donors (Lipinski definition) is 3. The lowest BCUT2D eigenvalue weighted by Gasteiger charge is -2.23. The van der Waals surface area contributed by atoms with Gasteiger partial charge >= 0.3 is 0 Å². The first-order chi connectivity index (χ1) is 13.9. The summed E-state index contributed by atoms with van der Waals surface area (Å²) in [6.07, 6.45) is 0.738. The van der Waals surface area contributed by atoms with Crippen molar-refractivity contribution in [3.05, 3.63) is 75.7 Å². The zero-order chi connectivity index (χ0) is 20.9. The van der Waals surface area contributed by atoms with E-state index in [9.17, 15) is 19.8 Å². The van der Waals surface area contributed by atoms with E-state index in [0.717, 1.165) is 0 Å². The van der Waals surface area contributed by atoms with Gasteiger partial charge in [0.05, 0.1) is 11.2 Å². The zero-order valence-corrected chi connectivity index (χ0v) is 16.6. The van der Waals surface area contributed by atoms with Crippen LogP contribution in [0.2, 0.25) is 0 Å². The van der Waals surface area contributed by atoms with E-state index < -0.39 is 11.5 Å². The number of ketones is 1. The molecule has 3 aromatic rings. The number of amides is 1. The molecule has 0 bridgehead atoms. The predicted molar refractivity (Wildman–Crippen MR) is 109 cm³/mol. The third kappa shape index (κ3) is 5.46. The van der Waals surface area contributed by atoms with Gasteiger partial charge in [-0.2, -0.15) is 0 Å². The first kappa shape index (κ1) is 20.6. The molecule has 1 unspecified atom stereocenters. The monoisotopic (exact) mass is 411 g/mol. The Balaban J connectivity index is 1.54. The number of aromatic hydroxyl groups is 1. The van der Waals surface area contributed by atoms with E-state index in [2.05, 4.69) is 15.5 Å². The highest BCUT2D eigenvalue weighted by molar-refractivity contribution is 7.13. The summed E-state index contributed by atoms with van der Waals surface area (Å²) in [5, 5.41) is 31.8. The number of carbonyl (C=O) groups excluding carboxylic acids is 2. The Labute approximate surface area is 172 Å². The lowest BCUT2D eigenvalue weighted by Crippen LogP contribution is -2.41. The molecule has 1 heterocycles. The van der Waals surface area contributed by atoms with Crippen molar-refractivity contribution in [2.75, 3.05) is 6.54 Å². The summed E-state index contributed by atoms with van der Waals surface area (Å²) in [6, 6.07) is 15.1. The second kappa shape index (κ2) is 8.93. The zero-order valence-electron chi connectivity index (χ0n) is 15.8. The number of rotatable bonds is 8. The van der Waals surface area contributed by atoms with Gasteiger partial charge in [-0.25, -0.2) is 0 Å². The lowest BCUT2D eigenvalue weighted by molar-refractivity contribution is 0.0477. The number of aryl methyl sites for hydroxylation is 1. The summed E-state index contributed by atoms with van der Waals surface area (Å²) in [4.78, 5) is 24.6. The summed E-state index contributed by atoms with van der Waals surface area (Å²) >= 11 is 1.20. The van der Waals surface area contributed by atoms with Crippen molar-refractivity contribution in [1.29, 1.82) is 0 Å². The van der Waals surface area contributed by atoms with Crippen LogP contribution in [0.3, 0.4) is 0 Å². The molecule has 0 saturated carbocycles. The second-order valence-electron chi connectivity index (χ2n) is 6.89. The maximum absolute atomic E-state index is 12.4. The molecule has 0 aliphatic rings. The van der Waals surface area contributed by atoms with Crippen LogP contribution >= 0.6 is 11.3 Å². The number of benzene rings is 2. The molecule has 29 heavy (non-hydrogen) atoms. The van der Waals surface area contributed by atoms with Crippen LogP contribution in [0.15, 0.2) is 54.6 Å². The minimum absolute atomic E-state index is 0.00870. The van der Waals surface area contributed by atoms with Gasteiger partial charge in [0, 0.05) is 18.5 Å². The number of aromatic nitrogens is 2. The van der Waals surface area contributed by atoms with Gasteiger partial charge in [0.15, 0.2) is 5.01 Å². The average Bonchev–Trinajstić information content (AvgIpc) is 3.20. The van der Waals surface area contributed by atoms with Gasteiger partial charge in [-0.1, -0.05) is 53.8 Å². The van der Waals surface area contributed by atoms with Crippen molar-refractivity contribution >= 4 is 23.0 Å². The molecular formula is C21H21N3O4S. The van der Waals surface area contributed by atoms with Crippen LogP contribution in [-0.4, -0.2) is 44.2 Å². The fourth-order valence-corrected chi connectivity index (χ4v) is 3.46. The Morgan fingerprint density at radius 1 is 1.07 bits per heavy atom. The average molecular weight is 411 g/mol. The van der Waals surface area contributed by atoms with Gasteiger partial charge in [0.1, 0.15) is 10.8 Å². The molecule has 7 nitrogen and oxygen atoms in total. The summed E-state index contributed by atoms with van der Waals surface area (Å²) < 4.78 is 0. The number of carbonyl (C=O) groups is 2. The number of aliphatic hydroxyl groups is 1. The number of hydrogen-bond acceptors (Lipinski definition) is 7. The highest BCUT2D eigenvalue weighted by atomic mass is 32.1. The van der Waals surface area contributed by atoms with Crippen molar-refractivity contribution in [3.63, 3.8) is 0 Å². The van der Waals surface area contributed by atoms with Crippen LogP contribution in [0.1, 0.15) is 44.1 Å². The minimum atomic E-state index is -1.19. The van der Waals surface area contributed by atoms with Gasteiger partial charge in [-0.05, 0) is 25.5 Å². The van der Waals surface area contributed by atoms with Crippen molar-refractivity contribution in [1.82, 2.24) is 15.5 Å². The fraction of sp³-hybridized carbons (Fsp3) is 0.238. The van der Waals surface area contributed by atoms with Crippen LogP contribution in [0.5, 0.6) is 5.75 Å². The molecular weight excluding hydrogens is 390 g/mol. The SMILES string of the molecule is CC(O)(CCc1nnc(C(=O)c2ccccc2)s1)CNC(=O)c1ccccc1O. The summed E-state index contributed by atoms with van der Waals surface area (Å²) in [5.41, 5.74) is -0.486. The molecule has 150 valence electrons. The molecule has 0 aliphatic heterocycles. The van der Waals surface area contributed by atoms with Crippen LogP contribution in [0, 0.1) is 0 Å². The van der Waals surface area contributed by atoms with Gasteiger partial charge in [0.25, 0.3) is 5.91 Å². The van der Waals surface area contributed by atoms with Crippen molar-refractivity contribution in [3.8, 4) is 5.75 Å². The summed E-state index contributed by atoms with van der Waals surface area (Å²) in [7, 11) is 0. The number of phenols is 1. The normalized spacial score (nSPS) is 12.9. The molecule has 3 N–H and O–H groups in total.